The summed E-state index contributed by atoms with van der Waals surface area (Å²) in [6, 6.07) is -1.55. The Hall–Kier alpha value is -2.72. The summed E-state index contributed by atoms with van der Waals surface area (Å²) in [5.41, 5.74) is -1.17. The van der Waals surface area contributed by atoms with Gasteiger partial charge < -0.3 is 29.7 Å². The van der Waals surface area contributed by atoms with Crippen molar-refractivity contribution >= 4 is 23.7 Å². The third-order valence-electron chi connectivity index (χ3n) is 9.01. The van der Waals surface area contributed by atoms with Gasteiger partial charge in [0, 0.05) is 19.5 Å². The number of fused-ring (bicyclic) bond motifs is 1. The number of carbonyl (C=O) groups is 4. The smallest absolute Gasteiger partial charge is 0.312 e. The zero-order valence-corrected chi connectivity index (χ0v) is 25.2. The van der Waals surface area contributed by atoms with Crippen molar-refractivity contribution in [1.82, 2.24) is 15.1 Å². The highest BCUT2D eigenvalue weighted by Gasteiger charge is 2.75. The maximum atomic E-state index is 14.3. The molecular formula is C31H49N3O7. The molecule has 3 fully saturated rings. The summed E-state index contributed by atoms with van der Waals surface area (Å²) in [5.74, 6) is -3.13. The molecule has 3 amide bonds. The molecule has 2 N–H and O–H groups in total. The molecule has 0 saturated carbocycles. The number of ether oxygens (including phenoxy) is 2. The van der Waals surface area contributed by atoms with Gasteiger partial charge in [0.1, 0.15) is 17.7 Å². The van der Waals surface area contributed by atoms with Gasteiger partial charge in [-0.25, -0.2) is 0 Å². The third-order valence-corrected chi connectivity index (χ3v) is 9.01. The summed E-state index contributed by atoms with van der Waals surface area (Å²) in [4.78, 5) is 57.4. The van der Waals surface area contributed by atoms with Gasteiger partial charge >= 0.3 is 5.97 Å². The number of nitrogens with zero attached hydrogens (tertiary/aromatic N) is 2. The van der Waals surface area contributed by atoms with Crippen LogP contribution in [0, 0.1) is 17.8 Å². The van der Waals surface area contributed by atoms with E-state index in [2.05, 4.69) is 18.5 Å². The van der Waals surface area contributed by atoms with Crippen molar-refractivity contribution < 1.29 is 33.8 Å². The standard InChI is InChI=1S/C31H49N3O7/c1-7-11-13-24(36)32-18-21(6)40-30(39)25-23-14-15-31(41-23)26(25)28(37)34(22(19-35)20(5)10-4)27(31)29(38)33(16-9-3)17-12-8-2/h7,9,20-23,25-27,35H,1,3,8,10-19H2,2,4-6H3,(H,32,36)/t20-,21-,22-,23-,25+,26+,27-,31+/m0/s1. The van der Waals surface area contributed by atoms with Gasteiger partial charge in [0.25, 0.3) is 0 Å². The Morgan fingerprint density at radius 1 is 1.27 bits per heavy atom. The van der Waals surface area contributed by atoms with Crippen LogP contribution < -0.4 is 5.32 Å². The average Bonchev–Trinajstić information content (AvgIpc) is 3.60. The maximum Gasteiger partial charge on any atom is 0.312 e. The molecule has 10 nitrogen and oxygen atoms in total. The van der Waals surface area contributed by atoms with E-state index in [1.54, 1.807) is 24.0 Å². The summed E-state index contributed by atoms with van der Waals surface area (Å²) in [7, 11) is 0. The fraction of sp³-hybridized carbons (Fsp3) is 0.742. The maximum absolute atomic E-state index is 14.3. The highest BCUT2D eigenvalue weighted by Crippen LogP contribution is 2.59. The summed E-state index contributed by atoms with van der Waals surface area (Å²) in [6.45, 7) is 15.8. The molecule has 0 radical (unpaired) electrons. The summed E-state index contributed by atoms with van der Waals surface area (Å²) < 4.78 is 12.3. The number of carbonyl (C=O) groups excluding carboxylic acids is 4. The second-order valence-corrected chi connectivity index (χ2v) is 11.7. The molecule has 0 unspecified atom stereocenters. The first-order chi connectivity index (χ1) is 19.6. The van der Waals surface area contributed by atoms with E-state index in [1.165, 1.54) is 4.90 Å². The molecule has 0 aromatic carbocycles. The third kappa shape index (κ3) is 6.53. The van der Waals surface area contributed by atoms with Gasteiger partial charge in [-0.1, -0.05) is 45.8 Å². The first-order valence-electron chi connectivity index (χ1n) is 15.2. The van der Waals surface area contributed by atoms with Crippen LogP contribution in [0.15, 0.2) is 25.3 Å². The molecule has 41 heavy (non-hydrogen) atoms. The van der Waals surface area contributed by atoms with E-state index in [9.17, 15) is 24.3 Å². The molecule has 2 bridgehead atoms. The van der Waals surface area contributed by atoms with Crippen LogP contribution in [-0.4, -0.2) is 94.7 Å². The van der Waals surface area contributed by atoms with Gasteiger partial charge in [0.05, 0.1) is 37.1 Å². The summed E-state index contributed by atoms with van der Waals surface area (Å²) in [6.07, 6.45) is 6.42. The largest absolute Gasteiger partial charge is 0.460 e. The fourth-order valence-electron chi connectivity index (χ4n) is 6.68. The lowest BCUT2D eigenvalue weighted by Crippen LogP contribution is -2.59. The average molecular weight is 576 g/mol. The molecule has 0 aromatic heterocycles. The quantitative estimate of drug-likeness (QED) is 0.202. The van der Waals surface area contributed by atoms with Crippen LogP contribution in [0.4, 0.5) is 0 Å². The first-order valence-corrected chi connectivity index (χ1v) is 15.2. The minimum atomic E-state index is -1.17. The molecular weight excluding hydrogens is 526 g/mol. The van der Waals surface area contributed by atoms with Crippen LogP contribution in [0.2, 0.25) is 0 Å². The van der Waals surface area contributed by atoms with Crippen LogP contribution in [0.3, 0.4) is 0 Å². The fourth-order valence-corrected chi connectivity index (χ4v) is 6.68. The van der Waals surface area contributed by atoms with Crippen LogP contribution in [0.25, 0.3) is 0 Å². The number of aliphatic hydroxyl groups is 1. The van der Waals surface area contributed by atoms with Gasteiger partial charge in [0.2, 0.25) is 17.7 Å². The normalized spacial score (nSPS) is 28.5. The van der Waals surface area contributed by atoms with E-state index in [0.717, 1.165) is 12.8 Å². The zero-order valence-electron chi connectivity index (χ0n) is 25.2. The Morgan fingerprint density at radius 2 is 2.00 bits per heavy atom. The molecule has 3 aliphatic rings. The van der Waals surface area contributed by atoms with Crippen molar-refractivity contribution in [3.8, 4) is 0 Å². The van der Waals surface area contributed by atoms with E-state index in [4.69, 9.17) is 9.47 Å². The van der Waals surface area contributed by atoms with E-state index in [1.807, 2.05) is 20.8 Å². The zero-order chi connectivity index (χ0) is 30.3. The number of likely N-dealkylation sites (tertiary alicyclic amines) is 1. The molecule has 3 rings (SSSR count). The second kappa shape index (κ2) is 14.4. The van der Waals surface area contributed by atoms with E-state index in [0.29, 0.717) is 45.2 Å². The molecule has 1 spiro atoms. The number of nitrogens with one attached hydrogen (secondary N) is 1. The lowest BCUT2D eigenvalue weighted by molar-refractivity contribution is -0.160. The number of hydrogen-bond donors (Lipinski definition) is 2. The molecule has 10 heteroatoms. The number of unbranched alkanes of at least 4 members (excludes halogenated alkanes) is 1. The Kier molecular flexibility index (Phi) is 11.6. The molecule has 3 aliphatic heterocycles. The number of allylic oxidation sites excluding steroid dienone is 1. The van der Waals surface area contributed by atoms with E-state index >= 15 is 0 Å². The highest BCUT2D eigenvalue weighted by molar-refractivity contribution is 5.98. The van der Waals surface area contributed by atoms with Crippen LogP contribution in [0.5, 0.6) is 0 Å². The van der Waals surface area contributed by atoms with Crippen molar-refractivity contribution in [3.05, 3.63) is 25.3 Å². The van der Waals surface area contributed by atoms with Crippen LogP contribution in [0.1, 0.15) is 72.6 Å². The van der Waals surface area contributed by atoms with Crippen molar-refractivity contribution in [2.75, 3.05) is 26.2 Å². The lowest BCUT2D eigenvalue weighted by atomic mass is 9.70. The van der Waals surface area contributed by atoms with Crippen LogP contribution in [-0.2, 0) is 28.7 Å². The Labute approximate surface area is 244 Å². The number of rotatable bonds is 17. The van der Waals surface area contributed by atoms with Crippen molar-refractivity contribution in [2.45, 2.75) is 103 Å². The predicted octanol–water partition coefficient (Wildman–Crippen LogP) is 2.60. The molecule has 0 aliphatic carbocycles. The van der Waals surface area contributed by atoms with Crippen molar-refractivity contribution in [1.29, 1.82) is 0 Å². The molecule has 8 atom stereocenters. The highest BCUT2D eigenvalue weighted by atomic mass is 16.6. The predicted molar refractivity (Wildman–Crippen MR) is 154 cm³/mol. The summed E-state index contributed by atoms with van der Waals surface area (Å²) >= 11 is 0. The monoisotopic (exact) mass is 575 g/mol. The van der Waals surface area contributed by atoms with Gasteiger partial charge in [-0.3, -0.25) is 19.2 Å². The SMILES string of the molecule is C=CCCC(=O)NC[C@H](C)OC(=O)[C@@H]1[C@@H]2CC[C@]3(O2)[C@H](C(=O)N(CC=C)CCCC)N([C@@H](CO)[C@@H](C)CC)C(=O)[C@@H]13. The van der Waals surface area contributed by atoms with E-state index < -0.39 is 47.7 Å². The minimum Gasteiger partial charge on any atom is -0.460 e. The molecule has 230 valence electrons. The Balaban J connectivity index is 1.91. The number of aliphatic hydroxyl groups excluding tert-OH is 1. The molecule has 3 saturated heterocycles. The Morgan fingerprint density at radius 3 is 2.61 bits per heavy atom. The van der Waals surface area contributed by atoms with E-state index in [-0.39, 0.29) is 36.8 Å². The lowest BCUT2D eigenvalue weighted by Gasteiger charge is -2.41. The Bertz CT molecular complexity index is 987. The number of esters is 1. The van der Waals surface area contributed by atoms with Gasteiger partial charge in [0.15, 0.2) is 0 Å². The van der Waals surface area contributed by atoms with Gasteiger partial charge in [-0.2, -0.15) is 0 Å². The number of hydrogen-bond acceptors (Lipinski definition) is 7. The van der Waals surface area contributed by atoms with Crippen LogP contribution >= 0.6 is 0 Å². The van der Waals surface area contributed by atoms with Crippen molar-refractivity contribution in [2.24, 2.45) is 17.8 Å². The number of amides is 3. The minimum absolute atomic E-state index is 0.0784. The molecule has 3 heterocycles. The van der Waals surface area contributed by atoms with Crippen molar-refractivity contribution in [3.63, 3.8) is 0 Å². The van der Waals surface area contributed by atoms with Gasteiger partial charge in [-0.05, 0) is 38.5 Å². The second-order valence-electron chi connectivity index (χ2n) is 11.7. The topological polar surface area (TPSA) is 125 Å². The summed E-state index contributed by atoms with van der Waals surface area (Å²) in [5, 5.41) is 13.2. The van der Waals surface area contributed by atoms with Gasteiger partial charge in [-0.15, -0.1) is 13.2 Å². The first kappa shape index (κ1) is 32.8. The molecule has 0 aromatic rings.